The molecule has 2 rings (SSSR count). The Morgan fingerprint density at radius 3 is 2.26 bits per heavy atom. The van der Waals surface area contributed by atoms with Crippen LogP contribution in [0.2, 0.25) is 0 Å². The molecular formula is C18H21NO4. The molecule has 0 heterocycles. The topological polar surface area (TPSA) is 56.8 Å². The van der Waals surface area contributed by atoms with Crippen LogP contribution in [0.1, 0.15) is 15.9 Å². The van der Waals surface area contributed by atoms with Gasteiger partial charge in [-0.25, -0.2) is 0 Å². The lowest BCUT2D eigenvalue weighted by Crippen LogP contribution is -2.28. The summed E-state index contributed by atoms with van der Waals surface area (Å²) in [4.78, 5) is 12.0. The smallest absolute Gasteiger partial charge is 0.251 e. The Morgan fingerprint density at radius 2 is 1.65 bits per heavy atom. The van der Waals surface area contributed by atoms with Crippen molar-refractivity contribution in [1.29, 1.82) is 0 Å². The number of hydrogen-bond donors (Lipinski definition) is 1. The molecule has 0 saturated heterocycles. The summed E-state index contributed by atoms with van der Waals surface area (Å²) in [6.07, 6.45) is 0. The lowest BCUT2D eigenvalue weighted by molar-refractivity contribution is 0.0947. The van der Waals surface area contributed by atoms with Crippen LogP contribution in [0.4, 0.5) is 0 Å². The van der Waals surface area contributed by atoms with E-state index in [0.29, 0.717) is 36.0 Å². The Kier molecular flexibility index (Phi) is 5.86. The predicted molar refractivity (Wildman–Crippen MR) is 88.6 cm³/mol. The van der Waals surface area contributed by atoms with Gasteiger partial charge >= 0.3 is 0 Å². The van der Waals surface area contributed by atoms with Crippen LogP contribution in [0.25, 0.3) is 0 Å². The van der Waals surface area contributed by atoms with Crippen molar-refractivity contribution in [1.82, 2.24) is 5.32 Å². The number of ether oxygens (including phenoxy) is 3. The molecule has 0 radical (unpaired) electrons. The highest BCUT2D eigenvalue weighted by Crippen LogP contribution is 2.27. The number of carbonyl (C=O) groups is 1. The van der Waals surface area contributed by atoms with Crippen LogP contribution in [-0.2, 0) is 0 Å². The SMILES string of the molecule is COc1cc(OC)cc(OCCNC(=O)c2cccc(C)c2)c1. The highest BCUT2D eigenvalue weighted by atomic mass is 16.5. The Labute approximate surface area is 136 Å². The van der Waals surface area contributed by atoms with Crippen molar-refractivity contribution >= 4 is 5.91 Å². The third-order valence-electron chi connectivity index (χ3n) is 3.26. The molecule has 5 heteroatoms. The molecule has 5 nitrogen and oxygen atoms in total. The minimum atomic E-state index is -0.111. The summed E-state index contributed by atoms with van der Waals surface area (Å²) in [6.45, 7) is 2.72. The summed E-state index contributed by atoms with van der Waals surface area (Å²) in [6, 6.07) is 12.8. The number of aryl methyl sites for hydroxylation is 1. The highest BCUT2D eigenvalue weighted by Gasteiger charge is 2.06. The van der Waals surface area contributed by atoms with E-state index in [2.05, 4.69) is 5.32 Å². The third-order valence-corrected chi connectivity index (χ3v) is 3.26. The van der Waals surface area contributed by atoms with Crippen LogP contribution in [0.3, 0.4) is 0 Å². The van der Waals surface area contributed by atoms with Crippen molar-refractivity contribution in [3.05, 3.63) is 53.6 Å². The average molecular weight is 315 g/mol. The van der Waals surface area contributed by atoms with Gasteiger partial charge in [0.05, 0.1) is 20.8 Å². The fourth-order valence-corrected chi connectivity index (χ4v) is 2.09. The van der Waals surface area contributed by atoms with Crippen molar-refractivity contribution in [3.63, 3.8) is 0 Å². The van der Waals surface area contributed by atoms with E-state index in [1.54, 1.807) is 38.5 Å². The number of benzene rings is 2. The first-order chi connectivity index (χ1) is 11.1. The minimum Gasteiger partial charge on any atom is -0.496 e. The fourth-order valence-electron chi connectivity index (χ4n) is 2.09. The zero-order valence-corrected chi connectivity index (χ0v) is 13.6. The second-order valence-electron chi connectivity index (χ2n) is 5.02. The first-order valence-corrected chi connectivity index (χ1v) is 7.33. The van der Waals surface area contributed by atoms with Gasteiger partial charge in [0.1, 0.15) is 23.9 Å². The van der Waals surface area contributed by atoms with E-state index >= 15 is 0 Å². The van der Waals surface area contributed by atoms with E-state index in [9.17, 15) is 4.79 Å². The minimum absolute atomic E-state index is 0.111. The number of carbonyl (C=O) groups excluding carboxylic acids is 1. The second-order valence-corrected chi connectivity index (χ2v) is 5.02. The largest absolute Gasteiger partial charge is 0.496 e. The molecule has 122 valence electrons. The van der Waals surface area contributed by atoms with E-state index in [0.717, 1.165) is 5.56 Å². The molecule has 2 aromatic carbocycles. The predicted octanol–water partition coefficient (Wildman–Crippen LogP) is 2.82. The molecule has 2 aromatic rings. The summed E-state index contributed by atoms with van der Waals surface area (Å²) in [7, 11) is 3.17. The van der Waals surface area contributed by atoms with Crippen molar-refractivity contribution in [2.24, 2.45) is 0 Å². The van der Waals surface area contributed by atoms with Gasteiger partial charge in [-0.3, -0.25) is 4.79 Å². The Bertz CT molecular complexity index is 648. The van der Waals surface area contributed by atoms with E-state index < -0.39 is 0 Å². The zero-order valence-electron chi connectivity index (χ0n) is 13.6. The number of rotatable bonds is 7. The molecule has 0 atom stereocenters. The molecule has 0 aliphatic carbocycles. The zero-order chi connectivity index (χ0) is 16.7. The lowest BCUT2D eigenvalue weighted by Gasteiger charge is -2.11. The van der Waals surface area contributed by atoms with Crippen molar-refractivity contribution in [2.45, 2.75) is 6.92 Å². The van der Waals surface area contributed by atoms with Gasteiger partial charge in [0.2, 0.25) is 0 Å². The summed E-state index contributed by atoms with van der Waals surface area (Å²) in [5.74, 6) is 1.83. The van der Waals surface area contributed by atoms with Gasteiger partial charge in [-0.15, -0.1) is 0 Å². The summed E-state index contributed by atoms with van der Waals surface area (Å²) in [5.41, 5.74) is 1.70. The number of amides is 1. The second kappa shape index (κ2) is 8.08. The summed E-state index contributed by atoms with van der Waals surface area (Å²) >= 11 is 0. The highest BCUT2D eigenvalue weighted by molar-refractivity contribution is 5.94. The third kappa shape index (κ3) is 4.92. The Balaban J connectivity index is 1.84. The van der Waals surface area contributed by atoms with Crippen LogP contribution in [-0.4, -0.2) is 33.3 Å². The van der Waals surface area contributed by atoms with Crippen LogP contribution in [0.15, 0.2) is 42.5 Å². The standard InChI is InChI=1S/C18H21NO4/c1-13-5-4-6-14(9-13)18(20)19-7-8-23-17-11-15(21-2)10-16(12-17)22-3/h4-6,9-12H,7-8H2,1-3H3,(H,19,20). The van der Waals surface area contributed by atoms with Crippen LogP contribution in [0, 0.1) is 6.92 Å². The van der Waals surface area contributed by atoms with Gasteiger partial charge in [0, 0.05) is 23.8 Å². The molecule has 1 N–H and O–H groups in total. The van der Waals surface area contributed by atoms with Crippen molar-refractivity contribution in [2.75, 3.05) is 27.4 Å². The van der Waals surface area contributed by atoms with E-state index in [4.69, 9.17) is 14.2 Å². The molecule has 0 saturated carbocycles. The first-order valence-electron chi connectivity index (χ1n) is 7.33. The normalized spacial score (nSPS) is 10.0. The molecule has 0 bridgehead atoms. The summed E-state index contributed by atoms with van der Waals surface area (Å²) < 4.78 is 16.0. The van der Waals surface area contributed by atoms with E-state index in [1.165, 1.54) is 0 Å². The average Bonchev–Trinajstić information content (AvgIpc) is 2.58. The van der Waals surface area contributed by atoms with Gasteiger partial charge in [0.15, 0.2) is 0 Å². The molecule has 0 spiro atoms. The molecular weight excluding hydrogens is 294 g/mol. The Morgan fingerprint density at radius 1 is 1.00 bits per heavy atom. The van der Waals surface area contributed by atoms with Gasteiger partial charge < -0.3 is 19.5 Å². The monoisotopic (exact) mass is 315 g/mol. The fraction of sp³-hybridized carbons (Fsp3) is 0.278. The van der Waals surface area contributed by atoms with Gasteiger partial charge in [-0.1, -0.05) is 17.7 Å². The molecule has 0 aliphatic heterocycles. The molecule has 23 heavy (non-hydrogen) atoms. The quantitative estimate of drug-likeness (QED) is 0.798. The van der Waals surface area contributed by atoms with Crippen molar-refractivity contribution in [3.8, 4) is 17.2 Å². The maximum Gasteiger partial charge on any atom is 0.251 e. The van der Waals surface area contributed by atoms with Crippen molar-refractivity contribution < 1.29 is 19.0 Å². The van der Waals surface area contributed by atoms with E-state index in [1.807, 2.05) is 25.1 Å². The maximum absolute atomic E-state index is 12.0. The molecule has 0 unspecified atom stereocenters. The molecule has 0 aromatic heterocycles. The molecule has 1 amide bonds. The summed E-state index contributed by atoms with van der Waals surface area (Å²) in [5, 5.41) is 2.83. The van der Waals surface area contributed by atoms with Crippen LogP contribution < -0.4 is 19.5 Å². The van der Waals surface area contributed by atoms with Gasteiger partial charge in [-0.2, -0.15) is 0 Å². The van der Waals surface area contributed by atoms with Gasteiger partial charge in [0.25, 0.3) is 5.91 Å². The number of nitrogens with one attached hydrogen (secondary N) is 1. The molecule has 0 fully saturated rings. The number of hydrogen-bond acceptors (Lipinski definition) is 4. The van der Waals surface area contributed by atoms with Crippen LogP contribution in [0.5, 0.6) is 17.2 Å². The van der Waals surface area contributed by atoms with Crippen LogP contribution >= 0.6 is 0 Å². The molecule has 0 aliphatic rings. The van der Waals surface area contributed by atoms with Gasteiger partial charge in [-0.05, 0) is 19.1 Å². The maximum atomic E-state index is 12.0. The number of methoxy groups -OCH3 is 2. The lowest BCUT2D eigenvalue weighted by atomic mass is 10.1. The Hall–Kier alpha value is -2.69. The van der Waals surface area contributed by atoms with E-state index in [-0.39, 0.29) is 5.91 Å². The first kappa shape index (κ1) is 16.7.